The topological polar surface area (TPSA) is 59.8 Å². The lowest BCUT2D eigenvalue weighted by Crippen LogP contribution is -2.27. The Kier molecular flexibility index (Phi) is 3.83. The molecular weight excluding hydrogens is 300 g/mol. The molecule has 0 radical (unpaired) electrons. The molecule has 1 aliphatic rings. The van der Waals surface area contributed by atoms with Gasteiger partial charge in [0.2, 0.25) is 0 Å². The normalized spacial score (nSPS) is 15.9. The minimum atomic E-state index is -0.0665. The number of hydrogen-bond acceptors (Lipinski definition) is 3. The van der Waals surface area contributed by atoms with Crippen LogP contribution in [0, 0.1) is 0 Å². The van der Waals surface area contributed by atoms with Gasteiger partial charge in [0.1, 0.15) is 12.1 Å². The first-order valence-corrected chi connectivity index (χ1v) is 8.11. The molecule has 0 bridgehead atoms. The van der Waals surface area contributed by atoms with Gasteiger partial charge in [0.15, 0.2) is 0 Å². The Labute approximate surface area is 140 Å². The zero-order valence-corrected chi connectivity index (χ0v) is 13.2. The summed E-state index contributed by atoms with van der Waals surface area (Å²) < 4.78 is 1.78. The molecule has 120 valence electrons. The van der Waals surface area contributed by atoms with Crippen LogP contribution in [0.25, 0.3) is 5.82 Å². The van der Waals surface area contributed by atoms with E-state index < -0.39 is 0 Å². The van der Waals surface area contributed by atoms with Crippen molar-refractivity contribution in [3.8, 4) is 5.82 Å². The molecule has 1 unspecified atom stereocenters. The Bertz CT molecular complexity index is 857. The Morgan fingerprint density at radius 1 is 1.25 bits per heavy atom. The van der Waals surface area contributed by atoms with Gasteiger partial charge in [-0.1, -0.05) is 24.3 Å². The second kappa shape index (κ2) is 6.28. The average Bonchev–Trinajstić information content (AvgIpc) is 3.30. The van der Waals surface area contributed by atoms with Gasteiger partial charge in [0.25, 0.3) is 5.91 Å². The van der Waals surface area contributed by atoms with Gasteiger partial charge >= 0.3 is 0 Å². The number of carbonyl (C=O) groups excluding carboxylic acids is 1. The number of imidazole rings is 1. The van der Waals surface area contributed by atoms with E-state index in [9.17, 15) is 4.79 Å². The van der Waals surface area contributed by atoms with Crippen LogP contribution in [-0.4, -0.2) is 27.0 Å². The molecule has 3 aromatic rings. The van der Waals surface area contributed by atoms with Crippen LogP contribution < -0.4 is 5.32 Å². The second-order valence-electron chi connectivity index (χ2n) is 6.02. The number of aromatic nitrogens is 3. The van der Waals surface area contributed by atoms with E-state index in [1.54, 1.807) is 41.6 Å². The molecule has 0 fully saturated rings. The quantitative estimate of drug-likeness (QED) is 0.804. The van der Waals surface area contributed by atoms with E-state index in [2.05, 4.69) is 39.6 Å². The van der Waals surface area contributed by atoms with Crippen LogP contribution in [0.15, 0.2) is 61.3 Å². The molecule has 1 N–H and O–H groups in total. The van der Waals surface area contributed by atoms with E-state index >= 15 is 0 Å². The number of hydrogen-bond donors (Lipinski definition) is 1. The van der Waals surface area contributed by atoms with Gasteiger partial charge in [0, 0.05) is 36.6 Å². The number of carbonyl (C=O) groups is 1. The third-order valence-corrected chi connectivity index (χ3v) is 4.54. The number of rotatable bonds is 4. The van der Waals surface area contributed by atoms with Crippen LogP contribution in [0.5, 0.6) is 0 Å². The van der Waals surface area contributed by atoms with E-state index in [0.29, 0.717) is 23.8 Å². The molecule has 5 nitrogen and oxygen atoms in total. The first-order valence-electron chi connectivity index (χ1n) is 8.11. The standard InChI is InChI=1S/C19H18N4O/c24-19(15-7-8-21-18(11-15)23-10-9-20-13-23)22-12-16-6-5-14-3-1-2-4-17(14)16/h1-4,7-11,13,16H,5-6,12H2,(H,22,24). The van der Waals surface area contributed by atoms with E-state index in [0.717, 1.165) is 12.8 Å². The summed E-state index contributed by atoms with van der Waals surface area (Å²) in [7, 11) is 0. The largest absolute Gasteiger partial charge is 0.351 e. The minimum absolute atomic E-state index is 0.0665. The molecule has 5 heteroatoms. The second-order valence-corrected chi connectivity index (χ2v) is 6.02. The summed E-state index contributed by atoms with van der Waals surface area (Å²) in [6.07, 6.45) is 8.99. The van der Waals surface area contributed by atoms with Gasteiger partial charge in [-0.3, -0.25) is 9.36 Å². The summed E-state index contributed by atoms with van der Waals surface area (Å²) >= 11 is 0. The zero-order chi connectivity index (χ0) is 16.4. The Morgan fingerprint density at radius 2 is 2.17 bits per heavy atom. The van der Waals surface area contributed by atoms with Gasteiger partial charge in [-0.2, -0.15) is 0 Å². The van der Waals surface area contributed by atoms with E-state index in [4.69, 9.17) is 0 Å². The maximum absolute atomic E-state index is 12.5. The van der Waals surface area contributed by atoms with Crippen LogP contribution >= 0.6 is 0 Å². The number of benzene rings is 1. The van der Waals surface area contributed by atoms with Gasteiger partial charge < -0.3 is 5.32 Å². The van der Waals surface area contributed by atoms with Crippen molar-refractivity contribution >= 4 is 5.91 Å². The fourth-order valence-electron chi connectivity index (χ4n) is 3.27. The first-order chi connectivity index (χ1) is 11.8. The number of fused-ring (bicyclic) bond motifs is 1. The smallest absolute Gasteiger partial charge is 0.251 e. The molecule has 0 saturated carbocycles. The number of aryl methyl sites for hydroxylation is 1. The summed E-state index contributed by atoms with van der Waals surface area (Å²) in [5, 5.41) is 3.06. The van der Waals surface area contributed by atoms with Crippen molar-refractivity contribution in [3.05, 3.63) is 78.0 Å². The van der Waals surface area contributed by atoms with Crippen LogP contribution in [0.4, 0.5) is 0 Å². The highest BCUT2D eigenvalue weighted by Crippen LogP contribution is 2.32. The summed E-state index contributed by atoms with van der Waals surface area (Å²) in [4.78, 5) is 20.8. The Hall–Kier alpha value is -2.95. The number of nitrogens with zero attached hydrogens (tertiary/aromatic N) is 3. The van der Waals surface area contributed by atoms with Crippen molar-refractivity contribution in [2.75, 3.05) is 6.54 Å². The van der Waals surface area contributed by atoms with Gasteiger partial charge in [-0.25, -0.2) is 9.97 Å². The van der Waals surface area contributed by atoms with Crippen molar-refractivity contribution in [3.63, 3.8) is 0 Å². The van der Waals surface area contributed by atoms with Gasteiger partial charge in [-0.05, 0) is 36.1 Å². The maximum Gasteiger partial charge on any atom is 0.251 e. The molecule has 1 aliphatic carbocycles. The molecule has 1 atom stereocenters. The Morgan fingerprint density at radius 3 is 3.04 bits per heavy atom. The summed E-state index contributed by atoms with van der Waals surface area (Å²) in [5.74, 6) is 1.02. The lowest BCUT2D eigenvalue weighted by atomic mass is 10.0. The third-order valence-electron chi connectivity index (χ3n) is 4.54. The molecule has 2 aromatic heterocycles. The van der Waals surface area contributed by atoms with Crippen molar-refractivity contribution in [2.24, 2.45) is 0 Å². The molecule has 0 spiro atoms. The van der Waals surface area contributed by atoms with Crippen molar-refractivity contribution in [1.82, 2.24) is 19.9 Å². The van der Waals surface area contributed by atoms with E-state index in [-0.39, 0.29) is 5.91 Å². The highest BCUT2D eigenvalue weighted by molar-refractivity contribution is 5.94. The lowest BCUT2D eigenvalue weighted by molar-refractivity contribution is 0.0951. The summed E-state index contributed by atoms with van der Waals surface area (Å²) in [6, 6.07) is 12.0. The molecule has 0 saturated heterocycles. The monoisotopic (exact) mass is 318 g/mol. The molecule has 1 amide bonds. The van der Waals surface area contributed by atoms with Crippen LogP contribution in [-0.2, 0) is 6.42 Å². The molecule has 1 aromatic carbocycles. The number of nitrogens with one attached hydrogen (secondary N) is 1. The highest BCUT2D eigenvalue weighted by Gasteiger charge is 2.22. The number of amides is 1. The number of pyridine rings is 1. The van der Waals surface area contributed by atoms with Crippen molar-refractivity contribution < 1.29 is 4.79 Å². The fourth-order valence-corrected chi connectivity index (χ4v) is 3.27. The van der Waals surface area contributed by atoms with E-state index in [1.807, 2.05) is 0 Å². The fraction of sp³-hybridized carbons (Fsp3) is 0.211. The zero-order valence-electron chi connectivity index (χ0n) is 13.2. The average molecular weight is 318 g/mol. The predicted molar refractivity (Wildman–Crippen MR) is 91.2 cm³/mol. The van der Waals surface area contributed by atoms with Crippen LogP contribution in [0.1, 0.15) is 33.8 Å². The molecular formula is C19H18N4O. The Balaban J connectivity index is 1.45. The van der Waals surface area contributed by atoms with Gasteiger partial charge in [-0.15, -0.1) is 0 Å². The maximum atomic E-state index is 12.5. The SMILES string of the molecule is O=C(NCC1CCc2ccccc21)c1ccnc(-n2ccnc2)c1. The van der Waals surface area contributed by atoms with Crippen molar-refractivity contribution in [2.45, 2.75) is 18.8 Å². The highest BCUT2D eigenvalue weighted by atomic mass is 16.1. The van der Waals surface area contributed by atoms with Crippen LogP contribution in [0.2, 0.25) is 0 Å². The lowest BCUT2D eigenvalue weighted by Gasteiger charge is -2.13. The molecule has 2 heterocycles. The van der Waals surface area contributed by atoms with Gasteiger partial charge in [0.05, 0.1) is 0 Å². The summed E-state index contributed by atoms with van der Waals surface area (Å²) in [5.41, 5.74) is 3.38. The molecule has 0 aliphatic heterocycles. The first kappa shape index (κ1) is 14.6. The van der Waals surface area contributed by atoms with Crippen LogP contribution in [0.3, 0.4) is 0 Å². The predicted octanol–water partition coefficient (Wildman–Crippen LogP) is 2.73. The summed E-state index contributed by atoms with van der Waals surface area (Å²) in [6.45, 7) is 0.665. The minimum Gasteiger partial charge on any atom is -0.351 e. The molecule has 4 rings (SSSR count). The third kappa shape index (κ3) is 2.80. The van der Waals surface area contributed by atoms with E-state index in [1.165, 1.54) is 11.1 Å². The van der Waals surface area contributed by atoms with Crippen molar-refractivity contribution in [1.29, 1.82) is 0 Å². The molecule has 24 heavy (non-hydrogen) atoms.